The second kappa shape index (κ2) is 6.77. The number of hydrogen-bond acceptors (Lipinski definition) is 2. The van der Waals surface area contributed by atoms with Crippen molar-refractivity contribution >= 4 is 21.8 Å². The smallest absolute Gasteiger partial charge is 0.253 e. The van der Waals surface area contributed by atoms with E-state index in [0.29, 0.717) is 18.5 Å². The summed E-state index contributed by atoms with van der Waals surface area (Å²) in [6, 6.07) is 7.53. The van der Waals surface area contributed by atoms with Gasteiger partial charge in [0, 0.05) is 24.5 Å². The van der Waals surface area contributed by atoms with Crippen molar-refractivity contribution in [3.8, 4) is 0 Å². The van der Waals surface area contributed by atoms with Crippen molar-refractivity contribution in [1.82, 2.24) is 4.90 Å². The third kappa shape index (κ3) is 4.48. The fraction of sp³-hybridized carbons (Fsp3) is 0.462. The van der Waals surface area contributed by atoms with Crippen LogP contribution >= 0.6 is 15.9 Å². The van der Waals surface area contributed by atoms with Crippen molar-refractivity contribution in [2.45, 2.75) is 24.8 Å². The van der Waals surface area contributed by atoms with E-state index in [1.165, 1.54) is 0 Å². The molecule has 1 amide bonds. The maximum absolute atomic E-state index is 12.0. The fourth-order valence-electron chi connectivity index (χ4n) is 1.44. The van der Waals surface area contributed by atoms with Crippen molar-refractivity contribution in [3.05, 3.63) is 35.4 Å². The quantitative estimate of drug-likeness (QED) is 0.848. The molecule has 0 bridgehead atoms. The predicted octanol–water partition coefficient (Wildman–Crippen LogP) is 2.42. The number of nitrogens with zero attached hydrogens (tertiary/aromatic N) is 1. The van der Waals surface area contributed by atoms with Crippen LogP contribution in [0.25, 0.3) is 0 Å². The highest BCUT2D eigenvalue weighted by molar-refractivity contribution is 9.08. The molecule has 0 aliphatic carbocycles. The Morgan fingerprint density at radius 2 is 2.00 bits per heavy atom. The molecule has 1 N–H and O–H groups in total. The Labute approximate surface area is 111 Å². The predicted molar refractivity (Wildman–Crippen MR) is 72.3 cm³/mol. The number of aliphatic hydroxyl groups excluding tert-OH is 1. The molecule has 0 fully saturated rings. The monoisotopic (exact) mass is 299 g/mol. The summed E-state index contributed by atoms with van der Waals surface area (Å²) in [7, 11) is 1.75. The zero-order chi connectivity index (χ0) is 12.8. The molecular weight excluding hydrogens is 282 g/mol. The topological polar surface area (TPSA) is 40.5 Å². The van der Waals surface area contributed by atoms with E-state index in [4.69, 9.17) is 0 Å². The van der Waals surface area contributed by atoms with E-state index in [9.17, 15) is 9.90 Å². The summed E-state index contributed by atoms with van der Waals surface area (Å²) in [6.45, 7) is 2.29. The van der Waals surface area contributed by atoms with Crippen LogP contribution in [-0.2, 0) is 5.33 Å². The number of hydrogen-bond donors (Lipinski definition) is 1. The number of aliphatic hydroxyl groups is 1. The van der Waals surface area contributed by atoms with Gasteiger partial charge in [-0.2, -0.15) is 0 Å². The molecule has 3 nitrogen and oxygen atoms in total. The highest BCUT2D eigenvalue weighted by Crippen LogP contribution is 2.10. The Kier molecular flexibility index (Phi) is 5.65. The van der Waals surface area contributed by atoms with E-state index < -0.39 is 0 Å². The summed E-state index contributed by atoms with van der Waals surface area (Å²) >= 11 is 3.37. The van der Waals surface area contributed by atoms with Gasteiger partial charge in [-0.15, -0.1) is 0 Å². The third-order valence-corrected chi connectivity index (χ3v) is 3.23. The summed E-state index contributed by atoms with van der Waals surface area (Å²) < 4.78 is 0. The summed E-state index contributed by atoms with van der Waals surface area (Å²) in [5.74, 6) is -0.00762. The van der Waals surface area contributed by atoms with Crippen LogP contribution in [0.3, 0.4) is 0 Å². The molecule has 4 heteroatoms. The molecule has 1 rings (SSSR count). The minimum absolute atomic E-state index is 0.00762. The van der Waals surface area contributed by atoms with Crippen LogP contribution in [0.1, 0.15) is 29.3 Å². The number of carbonyl (C=O) groups is 1. The minimum atomic E-state index is -0.374. The average molecular weight is 300 g/mol. The molecule has 1 atom stereocenters. The van der Waals surface area contributed by atoms with Crippen LogP contribution in [0.5, 0.6) is 0 Å². The lowest BCUT2D eigenvalue weighted by molar-refractivity contribution is 0.0769. The van der Waals surface area contributed by atoms with Crippen LogP contribution in [-0.4, -0.2) is 35.6 Å². The van der Waals surface area contributed by atoms with Gasteiger partial charge in [-0.1, -0.05) is 28.1 Å². The summed E-state index contributed by atoms with van der Waals surface area (Å²) in [5.41, 5.74) is 1.83. The minimum Gasteiger partial charge on any atom is -0.393 e. The molecule has 1 aromatic carbocycles. The Morgan fingerprint density at radius 1 is 1.41 bits per heavy atom. The van der Waals surface area contributed by atoms with Crippen LogP contribution in [0, 0.1) is 0 Å². The van der Waals surface area contributed by atoms with Gasteiger partial charge >= 0.3 is 0 Å². The maximum atomic E-state index is 12.0. The lowest BCUT2D eigenvalue weighted by Crippen LogP contribution is -2.29. The van der Waals surface area contributed by atoms with Gasteiger partial charge < -0.3 is 10.0 Å². The first-order chi connectivity index (χ1) is 8.04. The molecular formula is C13H18BrNO2. The SMILES string of the molecule is CC(O)CCN(C)C(=O)c1ccc(CBr)cc1. The lowest BCUT2D eigenvalue weighted by Gasteiger charge is -2.18. The van der Waals surface area contributed by atoms with Gasteiger partial charge in [0.05, 0.1) is 6.10 Å². The Bertz CT molecular complexity index is 362. The summed E-state index contributed by atoms with van der Waals surface area (Å²) in [6.07, 6.45) is 0.225. The van der Waals surface area contributed by atoms with Gasteiger partial charge in [0.1, 0.15) is 0 Å². The van der Waals surface area contributed by atoms with Crippen LogP contribution in [0.15, 0.2) is 24.3 Å². The third-order valence-electron chi connectivity index (χ3n) is 2.58. The molecule has 0 aliphatic rings. The van der Waals surface area contributed by atoms with E-state index in [1.807, 2.05) is 24.3 Å². The van der Waals surface area contributed by atoms with Gasteiger partial charge in [0.15, 0.2) is 0 Å². The van der Waals surface area contributed by atoms with Gasteiger partial charge in [-0.05, 0) is 31.0 Å². The molecule has 0 saturated carbocycles. The van der Waals surface area contributed by atoms with Crippen LogP contribution in [0.4, 0.5) is 0 Å². The molecule has 0 heterocycles. The lowest BCUT2D eigenvalue weighted by atomic mass is 10.1. The number of benzene rings is 1. The Balaban J connectivity index is 2.61. The van der Waals surface area contributed by atoms with Crippen molar-refractivity contribution in [2.24, 2.45) is 0 Å². The second-order valence-corrected chi connectivity index (χ2v) is 4.76. The Hall–Kier alpha value is -0.870. The van der Waals surface area contributed by atoms with Crippen LogP contribution in [0.2, 0.25) is 0 Å². The van der Waals surface area contributed by atoms with Crippen molar-refractivity contribution in [2.75, 3.05) is 13.6 Å². The zero-order valence-corrected chi connectivity index (χ0v) is 11.8. The van der Waals surface area contributed by atoms with Gasteiger partial charge in [-0.25, -0.2) is 0 Å². The van der Waals surface area contributed by atoms with E-state index >= 15 is 0 Å². The summed E-state index contributed by atoms with van der Waals surface area (Å²) in [5, 5.41) is 9.97. The van der Waals surface area contributed by atoms with Gasteiger partial charge in [-0.3, -0.25) is 4.79 Å². The maximum Gasteiger partial charge on any atom is 0.253 e. The molecule has 94 valence electrons. The standard InChI is InChI=1S/C13H18BrNO2/c1-10(16)7-8-15(2)13(17)12-5-3-11(9-14)4-6-12/h3-6,10,16H,7-9H2,1-2H3. The highest BCUT2D eigenvalue weighted by atomic mass is 79.9. The normalized spacial score (nSPS) is 12.2. The fourth-order valence-corrected chi connectivity index (χ4v) is 1.81. The first kappa shape index (κ1) is 14.2. The molecule has 1 unspecified atom stereocenters. The number of halogens is 1. The Morgan fingerprint density at radius 3 is 2.47 bits per heavy atom. The second-order valence-electron chi connectivity index (χ2n) is 4.19. The molecule has 0 aliphatic heterocycles. The first-order valence-corrected chi connectivity index (χ1v) is 6.75. The molecule has 17 heavy (non-hydrogen) atoms. The van der Waals surface area contributed by atoms with Crippen molar-refractivity contribution in [3.63, 3.8) is 0 Å². The first-order valence-electron chi connectivity index (χ1n) is 5.63. The molecule has 0 aromatic heterocycles. The van der Waals surface area contributed by atoms with Gasteiger partial charge in [0.25, 0.3) is 5.91 Å². The molecule has 0 radical (unpaired) electrons. The van der Waals surface area contributed by atoms with E-state index in [-0.39, 0.29) is 12.0 Å². The molecule has 1 aromatic rings. The van der Waals surface area contributed by atoms with Crippen LogP contribution < -0.4 is 0 Å². The number of amides is 1. The van der Waals surface area contributed by atoms with Crippen molar-refractivity contribution < 1.29 is 9.90 Å². The molecule has 0 spiro atoms. The summed E-state index contributed by atoms with van der Waals surface area (Å²) in [4.78, 5) is 13.6. The number of alkyl halides is 1. The molecule has 0 saturated heterocycles. The van der Waals surface area contributed by atoms with E-state index in [2.05, 4.69) is 15.9 Å². The number of rotatable bonds is 5. The largest absolute Gasteiger partial charge is 0.393 e. The average Bonchev–Trinajstić information content (AvgIpc) is 2.35. The van der Waals surface area contributed by atoms with E-state index in [0.717, 1.165) is 10.9 Å². The van der Waals surface area contributed by atoms with E-state index in [1.54, 1.807) is 18.9 Å². The highest BCUT2D eigenvalue weighted by Gasteiger charge is 2.11. The van der Waals surface area contributed by atoms with Crippen molar-refractivity contribution in [1.29, 1.82) is 0 Å². The van der Waals surface area contributed by atoms with Gasteiger partial charge in [0.2, 0.25) is 0 Å². The number of carbonyl (C=O) groups excluding carboxylic acids is 1. The zero-order valence-electron chi connectivity index (χ0n) is 10.2.